The molecule has 0 saturated carbocycles. The SMILES string of the molecule is COc1nc2c(C(N)=O)cccc2n1-c1nc2c(c(NCc3cccs3)n1)OCCC2. The van der Waals surface area contributed by atoms with E-state index in [1.54, 1.807) is 28.0 Å². The molecule has 10 heteroatoms. The second-order valence-electron chi connectivity index (χ2n) is 7.00. The molecule has 31 heavy (non-hydrogen) atoms. The number of ether oxygens (including phenoxy) is 2. The van der Waals surface area contributed by atoms with Crippen LogP contribution in [0.5, 0.6) is 11.8 Å². The first kappa shape index (κ1) is 19.3. The highest BCUT2D eigenvalue weighted by Gasteiger charge is 2.24. The van der Waals surface area contributed by atoms with Crippen molar-refractivity contribution in [3.8, 4) is 17.7 Å². The number of aromatic nitrogens is 4. The number of anilines is 1. The molecule has 0 bridgehead atoms. The Morgan fingerprint density at radius 2 is 2.19 bits per heavy atom. The molecule has 0 aliphatic carbocycles. The van der Waals surface area contributed by atoms with Gasteiger partial charge in [-0.2, -0.15) is 9.97 Å². The van der Waals surface area contributed by atoms with Crippen molar-refractivity contribution in [3.05, 3.63) is 51.8 Å². The molecule has 0 saturated heterocycles. The number of aryl methyl sites for hydroxylation is 1. The lowest BCUT2D eigenvalue weighted by Crippen LogP contribution is -2.17. The zero-order valence-corrected chi connectivity index (χ0v) is 17.6. The van der Waals surface area contributed by atoms with Crippen molar-refractivity contribution < 1.29 is 14.3 Å². The molecule has 0 spiro atoms. The molecule has 4 aromatic rings. The summed E-state index contributed by atoms with van der Waals surface area (Å²) < 4.78 is 13.1. The number of hydrogen-bond acceptors (Lipinski definition) is 8. The van der Waals surface area contributed by atoms with Gasteiger partial charge < -0.3 is 20.5 Å². The van der Waals surface area contributed by atoms with E-state index in [4.69, 9.17) is 25.2 Å². The molecule has 1 amide bonds. The third-order valence-electron chi connectivity index (χ3n) is 5.04. The van der Waals surface area contributed by atoms with Crippen molar-refractivity contribution >= 4 is 34.1 Å². The van der Waals surface area contributed by atoms with Gasteiger partial charge in [-0.1, -0.05) is 12.1 Å². The molecule has 0 unspecified atom stereocenters. The van der Waals surface area contributed by atoms with Gasteiger partial charge in [0.25, 0.3) is 5.91 Å². The first-order valence-electron chi connectivity index (χ1n) is 9.81. The summed E-state index contributed by atoms with van der Waals surface area (Å²) >= 11 is 1.67. The Bertz CT molecular complexity index is 1270. The van der Waals surface area contributed by atoms with E-state index >= 15 is 0 Å². The predicted octanol–water partition coefficient (Wildman–Crippen LogP) is 2.92. The Morgan fingerprint density at radius 3 is 2.97 bits per heavy atom. The molecule has 0 atom stereocenters. The average molecular weight is 436 g/mol. The van der Waals surface area contributed by atoms with Crippen molar-refractivity contribution in [2.75, 3.05) is 19.0 Å². The third kappa shape index (κ3) is 3.44. The quantitative estimate of drug-likeness (QED) is 0.477. The number of amides is 1. The molecule has 1 aliphatic rings. The maximum absolute atomic E-state index is 11.9. The molecule has 158 valence electrons. The number of primary amides is 1. The molecule has 3 aromatic heterocycles. The highest BCUT2D eigenvalue weighted by molar-refractivity contribution is 7.09. The van der Waals surface area contributed by atoms with Crippen LogP contribution < -0.4 is 20.5 Å². The lowest BCUT2D eigenvalue weighted by atomic mass is 10.1. The largest absolute Gasteiger partial charge is 0.488 e. The maximum Gasteiger partial charge on any atom is 0.304 e. The fraction of sp³-hybridized carbons (Fsp3) is 0.238. The zero-order chi connectivity index (χ0) is 21.4. The van der Waals surface area contributed by atoms with E-state index in [9.17, 15) is 4.79 Å². The number of carbonyl (C=O) groups excluding carboxylic acids is 1. The normalized spacial score (nSPS) is 12.9. The van der Waals surface area contributed by atoms with Gasteiger partial charge in [-0.05, 0) is 36.4 Å². The zero-order valence-electron chi connectivity index (χ0n) is 16.8. The van der Waals surface area contributed by atoms with Gasteiger partial charge in [0, 0.05) is 4.88 Å². The summed E-state index contributed by atoms with van der Waals surface area (Å²) in [6, 6.07) is 9.55. The molecule has 4 heterocycles. The molecule has 5 rings (SSSR count). The topological polar surface area (TPSA) is 117 Å². The molecule has 0 radical (unpaired) electrons. The van der Waals surface area contributed by atoms with Crippen LogP contribution in [0.1, 0.15) is 27.3 Å². The second kappa shape index (κ2) is 7.88. The number of nitrogens with zero attached hydrogens (tertiary/aromatic N) is 4. The summed E-state index contributed by atoms with van der Waals surface area (Å²) in [6.45, 7) is 1.25. The van der Waals surface area contributed by atoms with Gasteiger partial charge in [0.1, 0.15) is 5.52 Å². The number of benzene rings is 1. The monoisotopic (exact) mass is 436 g/mol. The number of imidazole rings is 1. The van der Waals surface area contributed by atoms with E-state index in [-0.39, 0.29) is 6.01 Å². The van der Waals surface area contributed by atoms with Crippen LogP contribution >= 0.6 is 11.3 Å². The lowest BCUT2D eigenvalue weighted by Gasteiger charge is -2.21. The minimum atomic E-state index is -0.559. The number of rotatable bonds is 6. The third-order valence-corrected chi connectivity index (χ3v) is 5.92. The Hall–Kier alpha value is -3.66. The van der Waals surface area contributed by atoms with Crippen molar-refractivity contribution in [2.45, 2.75) is 19.4 Å². The number of methoxy groups -OCH3 is 1. The van der Waals surface area contributed by atoms with Gasteiger partial charge in [0.15, 0.2) is 11.6 Å². The Kier molecular flexibility index (Phi) is 4.91. The second-order valence-corrected chi connectivity index (χ2v) is 8.04. The standard InChI is InChI=1S/C21H20N6O3S/c1-29-21-25-16-13(18(22)28)6-2-8-15(16)27(21)20-24-14-7-3-9-30-17(14)19(26-20)23-11-12-5-4-10-31-12/h2,4-6,8,10H,3,7,9,11H2,1H3,(H2,22,28)(H,23,24,26). The smallest absolute Gasteiger partial charge is 0.304 e. The van der Waals surface area contributed by atoms with Crippen LogP contribution in [0.4, 0.5) is 5.82 Å². The van der Waals surface area contributed by atoms with Gasteiger partial charge in [0.2, 0.25) is 5.95 Å². The van der Waals surface area contributed by atoms with Gasteiger partial charge >= 0.3 is 6.01 Å². The van der Waals surface area contributed by atoms with E-state index in [2.05, 4.69) is 16.4 Å². The van der Waals surface area contributed by atoms with Crippen LogP contribution in [-0.4, -0.2) is 39.1 Å². The number of fused-ring (bicyclic) bond motifs is 2. The predicted molar refractivity (Wildman–Crippen MR) is 117 cm³/mol. The van der Waals surface area contributed by atoms with Gasteiger partial charge in [-0.3, -0.25) is 4.79 Å². The molecule has 0 fully saturated rings. The fourth-order valence-corrected chi connectivity index (χ4v) is 4.27. The van der Waals surface area contributed by atoms with Crippen molar-refractivity contribution in [1.29, 1.82) is 0 Å². The minimum absolute atomic E-state index is 0.268. The average Bonchev–Trinajstić information content (AvgIpc) is 3.44. The summed E-state index contributed by atoms with van der Waals surface area (Å²) in [6.07, 6.45) is 1.65. The first-order valence-corrected chi connectivity index (χ1v) is 10.7. The molecule has 1 aromatic carbocycles. The maximum atomic E-state index is 11.9. The van der Waals surface area contributed by atoms with Crippen LogP contribution in [0.15, 0.2) is 35.7 Å². The van der Waals surface area contributed by atoms with Crippen LogP contribution in [0.3, 0.4) is 0 Å². The number of nitrogens with two attached hydrogens (primary N) is 1. The van der Waals surface area contributed by atoms with Crippen LogP contribution in [0.2, 0.25) is 0 Å². The first-order chi connectivity index (χ1) is 15.2. The molecule has 1 aliphatic heterocycles. The minimum Gasteiger partial charge on any atom is -0.488 e. The summed E-state index contributed by atoms with van der Waals surface area (Å²) in [7, 11) is 1.51. The number of thiophene rings is 1. The van der Waals surface area contributed by atoms with Crippen LogP contribution in [0, 0.1) is 0 Å². The highest BCUT2D eigenvalue weighted by Crippen LogP contribution is 2.34. The van der Waals surface area contributed by atoms with Crippen LogP contribution in [-0.2, 0) is 13.0 Å². The summed E-state index contributed by atoms with van der Waals surface area (Å²) in [4.78, 5) is 27.0. The Morgan fingerprint density at radius 1 is 1.29 bits per heavy atom. The molecule has 3 N–H and O–H groups in total. The van der Waals surface area contributed by atoms with E-state index < -0.39 is 5.91 Å². The number of hydrogen-bond donors (Lipinski definition) is 2. The number of para-hydroxylation sites is 1. The van der Waals surface area contributed by atoms with E-state index in [1.165, 1.54) is 12.0 Å². The molecular formula is C21H20N6O3S. The van der Waals surface area contributed by atoms with E-state index in [1.807, 2.05) is 17.5 Å². The van der Waals surface area contributed by atoms with Gasteiger partial charge in [0.05, 0.1) is 37.0 Å². The summed E-state index contributed by atoms with van der Waals surface area (Å²) in [5.41, 5.74) is 7.74. The van der Waals surface area contributed by atoms with Crippen molar-refractivity contribution in [1.82, 2.24) is 19.5 Å². The molecule has 9 nitrogen and oxygen atoms in total. The lowest BCUT2D eigenvalue weighted by molar-refractivity contribution is 0.100. The summed E-state index contributed by atoms with van der Waals surface area (Å²) in [5, 5.41) is 5.41. The van der Waals surface area contributed by atoms with Crippen LogP contribution in [0.25, 0.3) is 17.0 Å². The molecular weight excluding hydrogens is 416 g/mol. The number of nitrogens with one attached hydrogen (secondary N) is 1. The number of carbonyl (C=O) groups is 1. The van der Waals surface area contributed by atoms with E-state index in [0.29, 0.717) is 47.3 Å². The fourth-order valence-electron chi connectivity index (χ4n) is 3.63. The van der Waals surface area contributed by atoms with E-state index in [0.717, 1.165) is 18.5 Å². The van der Waals surface area contributed by atoms with Gasteiger partial charge in [-0.25, -0.2) is 9.55 Å². The summed E-state index contributed by atoms with van der Waals surface area (Å²) in [5.74, 6) is 1.12. The Balaban J connectivity index is 1.66. The van der Waals surface area contributed by atoms with Crippen molar-refractivity contribution in [2.24, 2.45) is 5.73 Å². The van der Waals surface area contributed by atoms with Crippen molar-refractivity contribution in [3.63, 3.8) is 0 Å². The highest BCUT2D eigenvalue weighted by atomic mass is 32.1. The van der Waals surface area contributed by atoms with Gasteiger partial charge in [-0.15, -0.1) is 11.3 Å². The Labute approximate surface area is 181 Å².